The predicted molar refractivity (Wildman–Crippen MR) is 68.4 cm³/mol. The van der Waals surface area contributed by atoms with Crippen LogP contribution in [0.4, 0.5) is 0 Å². The molecule has 1 unspecified atom stereocenters. The van der Waals surface area contributed by atoms with Crippen LogP contribution in [-0.4, -0.2) is 68.2 Å². The summed E-state index contributed by atoms with van der Waals surface area (Å²) in [5, 5.41) is 11.2. The number of hydrogen-bond donors (Lipinski definition) is 1. The van der Waals surface area contributed by atoms with E-state index in [1.54, 1.807) is 6.92 Å². The lowest BCUT2D eigenvalue weighted by atomic mass is 10.1. The zero-order chi connectivity index (χ0) is 13.2. The van der Waals surface area contributed by atoms with Gasteiger partial charge >= 0.3 is 0 Å². The van der Waals surface area contributed by atoms with Crippen LogP contribution in [0.25, 0.3) is 0 Å². The van der Waals surface area contributed by atoms with Crippen LogP contribution in [0, 0.1) is 11.3 Å². The molecule has 2 aliphatic rings. The third-order valence-corrected chi connectivity index (χ3v) is 6.03. The van der Waals surface area contributed by atoms with Crippen molar-refractivity contribution in [2.75, 3.05) is 39.3 Å². The molecular formula is C11H20N4O2S. The molecule has 2 aliphatic heterocycles. The first-order valence-corrected chi connectivity index (χ1v) is 7.93. The maximum atomic E-state index is 12.2. The zero-order valence-corrected chi connectivity index (χ0v) is 11.5. The van der Waals surface area contributed by atoms with E-state index in [1.807, 2.05) is 6.07 Å². The van der Waals surface area contributed by atoms with Gasteiger partial charge in [0.2, 0.25) is 10.0 Å². The van der Waals surface area contributed by atoms with Gasteiger partial charge < -0.3 is 5.32 Å². The highest BCUT2D eigenvalue weighted by molar-refractivity contribution is 7.90. The van der Waals surface area contributed by atoms with Gasteiger partial charge in [-0.2, -0.15) is 9.57 Å². The molecule has 0 aromatic carbocycles. The van der Waals surface area contributed by atoms with Gasteiger partial charge in [-0.3, -0.25) is 4.90 Å². The molecule has 2 heterocycles. The minimum Gasteiger partial charge on any atom is -0.314 e. The quantitative estimate of drug-likeness (QED) is 0.725. The number of nitriles is 1. The molecule has 7 heteroatoms. The number of nitrogens with zero attached hydrogens (tertiary/aromatic N) is 3. The predicted octanol–water partition coefficient (Wildman–Crippen LogP) is -0.792. The summed E-state index contributed by atoms with van der Waals surface area (Å²) < 4.78 is 25.8. The van der Waals surface area contributed by atoms with E-state index in [4.69, 9.17) is 5.26 Å². The molecule has 102 valence electrons. The Kier molecular flexibility index (Phi) is 4.22. The van der Waals surface area contributed by atoms with Crippen LogP contribution in [0.2, 0.25) is 0 Å². The fourth-order valence-electron chi connectivity index (χ4n) is 2.40. The fourth-order valence-corrected chi connectivity index (χ4v) is 3.99. The summed E-state index contributed by atoms with van der Waals surface area (Å²) in [6.07, 6.45) is 0.353. The Hall–Kier alpha value is -0.680. The molecule has 2 saturated heterocycles. The van der Waals surface area contributed by atoms with E-state index in [9.17, 15) is 8.42 Å². The Morgan fingerprint density at radius 3 is 2.33 bits per heavy atom. The summed E-state index contributed by atoms with van der Waals surface area (Å²) in [6.45, 7) is 6.31. The first-order valence-electron chi connectivity index (χ1n) is 6.43. The zero-order valence-electron chi connectivity index (χ0n) is 10.7. The normalized spacial score (nSPS) is 25.3. The molecular weight excluding hydrogens is 252 g/mol. The molecule has 0 aromatic heterocycles. The number of nitrogens with one attached hydrogen (secondary N) is 1. The minimum atomic E-state index is -3.43. The molecule has 1 atom stereocenters. The summed E-state index contributed by atoms with van der Waals surface area (Å²) >= 11 is 0. The van der Waals surface area contributed by atoms with Gasteiger partial charge in [0.1, 0.15) is 0 Å². The summed E-state index contributed by atoms with van der Waals surface area (Å²) in [4.78, 5) is 2.33. The van der Waals surface area contributed by atoms with E-state index in [0.717, 1.165) is 26.2 Å². The van der Waals surface area contributed by atoms with E-state index in [1.165, 1.54) is 4.31 Å². The number of piperazine rings is 1. The van der Waals surface area contributed by atoms with Crippen LogP contribution in [0.3, 0.4) is 0 Å². The molecule has 0 radical (unpaired) electrons. The molecule has 6 nitrogen and oxygen atoms in total. The van der Waals surface area contributed by atoms with E-state index < -0.39 is 15.3 Å². The number of rotatable bonds is 4. The molecule has 18 heavy (non-hydrogen) atoms. The van der Waals surface area contributed by atoms with Crippen molar-refractivity contribution in [3.05, 3.63) is 0 Å². The highest BCUT2D eigenvalue weighted by Gasteiger charge is 2.35. The average molecular weight is 272 g/mol. The fraction of sp³-hybridized carbons (Fsp3) is 0.909. The van der Waals surface area contributed by atoms with Crippen molar-refractivity contribution in [1.29, 1.82) is 5.26 Å². The van der Waals surface area contributed by atoms with E-state index in [0.29, 0.717) is 25.6 Å². The van der Waals surface area contributed by atoms with Crippen LogP contribution in [-0.2, 0) is 10.0 Å². The number of sulfonamides is 1. The Morgan fingerprint density at radius 2 is 1.94 bits per heavy atom. The number of hydrogen-bond acceptors (Lipinski definition) is 5. The summed E-state index contributed by atoms with van der Waals surface area (Å²) in [7, 11) is -3.43. The van der Waals surface area contributed by atoms with Gasteiger partial charge in [-0.1, -0.05) is 6.92 Å². The highest BCUT2D eigenvalue weighted by atomic mass is 32.2. The molecule has 1 N–H and O–H groups in total. The van der Waals surface area contributed by atoms with Gasteiger partial charge in [0, 0.05) is 45.3 Å². The second-order valence-corrected chi connectivity index (χ2v) is 6.93. The van der Waals surface area contributed by atoms with Crippen LogP contribution in [0.15, 0.2) is 0 Å². The molecule has 0 amide bonds. The van der Waals surface area contributed by atoms with Gasteiger partial charge in [0.15, 0.2) is 5.25 Å². The standard InChI is InChI=1S/C11H20N4O2S/c1-2-11(7-12)18(16,17)15-5-3-14(4-6-15)10-8-13-9-10/h10-11,13H,2-6,8-9H2,1H3. The minimum absolute atomic E-state index is 0.353. The Balaban J connectivity index is 1.94. The first-order chi connectivity index (χ1) is 8.59. The Labute approximate surface area is 109 Å². The Bertz CT molecular complexity index is 419. The highest BCUT2D eigenvalue weighted by Crippen LogP contribution is 2.16. The molecule has 2 fully saturated rings. The second-order valence-electron chi connectivity index (χ2n) is 4.82. The van der Waals surface area contributed by atoms with Crippen molar-refractivity contribution in [3.8, 4) is 6.07 Å². The summed E-state index contributed by atoms with van der Waals surface area (Å²) in [5.74, 6) is 0. The molecule has 0 saturated carbocycles. The maximum Gasteiger partial charge on any atom is 0.230 e. The van der Waals surface area contributed by atoms with E-state index in [-0.39, 0.29) is 0 Å². The monoisotopic (exact) mass is 272 g/mol. The maximum absolute atomic E-state index is 12.2. The lowest BCUT2D eigenvalue weighted by Crippen LogP contribution is -2.62. The largest absolute Gasteiger partial charge is 0.314 e. The molecule has 2 rings (SSSR count). The summed E-state index contributed by atoms with van der Waals surface area (Å²) in [5.41, 5.74) is 0. The SMILES string of the molecule is CCC(C#N)S(=O)(=O)N1CCN(C2CNC2)CC1. The van der Waals surface area contributed by atoms with Crippen LogP contribution >= 0.6 is 0 Å². The lowest BCUT2D eigenvalue weighted by Gasteiger charge is -2.43. The van der Waals surface area contributed by atoms with Crippen LogP contribution in [0.1, 0.15) is 13.3 Å². The van der Waals surface area contributed by atoms with Gasteiger partial charge in [-0.05, 0) is 6.42 Å². The topological polar surface area (TPSA) is 76.4 Å². The Morgan fingerprint density at radius 1 is 1.33 bits per heavy atom. The summed E-state index contributed by atoms with van der Waals surface area (Å²) in [6, 6.07) is 2.46. The third-order valence-electron chi connectivity index (χ3n) is 3.78. The molecule has 0 spiro atoms. The van der Waals surface area contributed by atoms with Crippen LogP contribution in [0.5, 0.6) is 0 Å². The smallest absolute Gasteiger partial charge is 0.230 e. The van der Waals surface area contributed by atoms with Gasteiger partial charge in [0.25, 0.3) is 0 Å². The van der Waals surface area contributed by atoms with Gasteiger partial charge in [-0.25, -0.2) is 8.42 Å². The second kappa shape index (κ2) is 5.53. The van der Waals surface area contributed by atoms with Crippen molar-refractivity contribution in [2.45, 2.75) is 24.6 Å². The van der Waals surface area contributed by atoms with E-state index in [2.05, 4.69) is 10.2 Å². The van der Waals surface area contributed by atoms with Gasteiger partial charge in [-0.15, -0.1) is 0 Å². The van der Waals surface area contributed by atoms with Crippen LogP contribution < -0.4 is 5.32 Å². The van der Waals surface area contributed by atoms with E-state index >= 15 is 0 Å². The van der Waals surface area contributed by atoms with Crippen molar-refractivity contribution < 1.29 is 8.42 Å². The first kappa shape index (κ1) is 13.7. The molecule has 0 aromatic rings. The van der Waals surface area contributed by atoms with Crippen molar-refractivity contribution in [2.24, 2.45) is 0 Å². The third kappa shape index (κ3) is 2.52. The van der Waals surface area contributed by atoms with Crippen molar-refractivity contribution in [1.82, 2.24) is 14.5 Å². The average Bonchev–Trinajstić information content (AvgIpc) is 2.28. The van der Waals surface area contributed by atoms with Gasteiger partial charge in [0.05, 0.1) is 6.07 Å². The van der Waals surface area contributed by atoms with Crippen molar-refractivity contribution in [3.63, 3.8) is 0 Å². The molecule has 0 bridgehead atoms. The molecule has 0 aliphatic carbocycles. The van der Waals surface area contributed by atoms with Crippen molar-refractivity contribution >= 4 is 10.0 Å². The lowest BCUT2D eigenvalue weighted by molar-refractivity contribution is 0.103.